The highest BCUT2D eigenvalue weighted by Gasteiger charge is 2.15. The van der Waals surface area contributed by atoms with Crippen molar-refractivity contribution in [1.29, 1.82) is 0 Å². The van der Waals surface area contributed by atoms with Crippen LogP contribution in [0.2, 0.25) is 0 Å². The Kier molecular flexibility index (Phi) is 5.32. The number of aromatic nitrogens is 6. The molecule has 4 rings (SSSR count). The number of hydrogen-bond acceptors (Lipinski definition) is 8. The number of nitrogens with zero attached hydrogens (tertiary/aromatic N) is 5. The molecule has 0 spiro atoms. The van der Waals surface area contributed by atoms with E-state index in [1.807, 2.05) is 32.0 Å². The number of benzene rings is 2. The second-order valence-electron chi connectivity index (χ2n) is 6.64. The minimum Gasteiger partial charge on any atom is -0.465 e. The minimum atomic E-state index is -0.484. The van der Waals surface area contributed by atoms with Crippen molar-refractivity contribution in [3.63, 3.8) is 0 Å². The van der Waals surface area contributed by atoms with Gasteiger partial charge < -0.3 is 9.72 Å². The standard InChI is InChI=1S/C20H18N6O3S/c1-11-5-4-6-12(2)17(11)26-20(23-24-25-26)30-10-16-21-15-9-13(19(28)29-3)7-8-14(15)18(27)22-16/h4-9H,10H2,1-3H3,(H,21,22,27). The van der Waals surface area contributed by atoms with E-state index in [4.69, 9.17) is 4.74 Å². The lowest BCUT2D eigenvalue weighted by atomic mass is 10.1. The Hall–Kier alpha value is -3.53. The van der Waals surface area contributed by atoms with Crippen LogP contribution in [0.15, 0.2) is 46.3 Å². The monoisotopic (exact) mass is 422 g/mol. The first-order valence-corrected chi connectivity index (χ1v) is 10.1. The Morgan fingerprint density at radius 2 is 1.97 bits per heavy atom. The third-order valence-corrected chi connectivity index (χ3v) is 5.54. The topological polar surface area (TPSA) is 116 Å². The summed E-state index contributed by atoms with van der Waals surface area (Å²) in [6.45, 7) is 4.00. The highest BCUT2D eigenvalue weighted by atomic mass is 32.2. The number of thioether (sulfide) groups is 1. The Bertz CT molecular complexity index is 1290. The molecule has 2 aromatic heterocycles. The maximum atomic E-state index is 12.4. The third-order valence-electron chi connectivity index (χ3n) is 4.61. The molecule has 152 valence electrons. The summed E-state index contributed by atoms with van der Waals surface area (Å²) in [6, 6.07) is 10.6. The number of rotatable bonds is 5. The van der Waals surface area contributed by atoms with Gasteiger partial charge >= 0.3 is 5.97 Å². The molecule has 0 aliphatic rings. The fourth-order valence-corrected chi connectivity index (χ4v) is 3.93. The van der Waals surface area contributed by atoms with Gasteiger partial charge in [-0.05, 0) is 53.6 Å². The number of para-hydroxylation sites is 1. The third kappa shape index (κ3) is 3.69. The van der Waals surface area contributed by atoms with Gasteiger partial charge in [-0.15, -0.1) is 5.10 Å². The lowest BCUT2D eigenvalue weighted by molar-refractivity contribution is 0.0601. The molecular formula is C20H18N6O3S. The molecule has 2 heterocycles. The van der Waals surface area contributed by atoms with E-state index >= 15 is 0 Å². The Labute approximate surface area is 175 Å². The fraction of sp³-hybridized carbons (Fsp3) is 0.200. The van der Waals surface area contributed by atoms with Gasteiger partial charge in [0.25, 0.3) is 5.56 Å². The van der Waals surface area contributed by atoms with Gasteiger partial charge in [0.05, 0.1) is 35.0 Å². The molecule has 9 nitrogen and oxygen atoms in total. The molecule has 0 aliphatic carbocycles. The van der Waals surface area contributed by atoms with Gasteiger partial charge in [-0.2, -0.15) is 4.68 Å². The summed E-state index contributed by atoms with van der Waals surface area (Å²) in [7, 11) is 1.31. The molecule has 0 radical (unpaired) electrons. The number of aryl methyl sites for hydroxylation is 2. The van der Waals surface area contributed by atoms with Gasteiger partial charge in [0.15, 0.2) is 0 Å². The average molecular weight is 422 g/mol. The number of H-pyrrole nitrogens is 1. The molecule has 30 heavy (non-hydrogen) atoms. The van der Waals surface area contributed by atoms with Crippen molar-refractivity contribution in [1.82, 2.24) is 30.2 Å². The highest BCUT2D eigenvalue weighted by Crippen LogP contribution is 2.25. The lowest BCUT2D eigenvalue weighted by Crippen LogP contribution is -2.12. The van der Waals surface area contributed by atoms with E-state index in [2.05, 4.69) is 25.5 Å². The van der Waals surface area contributed by atoms with E-state index in [1.54, 1.807) is 16.8 Å². The number of fused-ring (bicyclic) bond motifs is 1. The van der Waals surface area contributed by atoms with Gasteiger partial charge in [0.2, 0.25) is 5.16 Å². The van der Waals surface area contributed by atoms with E-state index in [-0.39, 0.29) is 5.56 Å². The smallest absolute Gasteiger partial charge is 0.337 e. The van der Waals surface area contributed by atoms with Gasteiger partial charge in [0.1, 0.15) is 5.82 Å². The van der Waals surface area contributed by atoms with Crippen LogP contribution in [0.3, 0.4) is 0 Å². The number of carbonyl (C=O) groups is 1. The molecule has 2 aromatic carbocycles. The zero-order valence-electron chi connectivity index (χ0n) is 16.5. The largest absolute Gasteiger partial charge is 0.465 e. The summed E-state index contributed by atoms with van der Waals surface area (Å²) in [5.41, 5.74) is 3.51. The van der Waals surface area contributed by atoms with Crippen molar-refractivity contribution in [2.24, 2.45) is 0 Å². The zero-order chi connectivity index (χ0) is 21.3. The summed E-state index contributed by atoms with van der Waals surface area (Å²) in [5.74, 6) is 0.317. The predicted octanol–water partition coefficient (Wildman–Crippen LogP) is 2.59. The molecule has 0 saturated carbocycles. The van der Waals surface area contributed by atoms with E-state index in [1.165, 1.54) is 24.9 Å². The van der Waals surface area contributed by atoms with Crippen LogP contribution in [0.4, 0.5) is 0 Å². The molecule has 1 N–H and O–H groups in total. The van der Waals surface area contributed by atoms with Gasteiger partial charge in [-0.1, -0.05) is 30.0 Å². The Balaban J connectivity index is 1.64. The van der Waals surface area contributed by atoms with Gasteiger partial charge in [-0.3, -0.25) is 4.79 Å². The number of tetrazole rings is 1. The molecule has 0 saturated heterocycles. The fourth-order valence-electron chi connectivity index (χ4n) is 3.18. The van der Waals surface area contributed by atoms with Crippen molar-refractivity contribution in [2.45, 2.75) is 24.8 Å². The van der Waals surface area contributed by atoms with Crippen molar-refractivity contribution >= 4 is 28.6 Å². The first kappa shape index (κ1) is 19.8. The Morgan fingerprint density at radius 1 is 1.20 bits per heavy atom. The number of hydrogen-bond donors (Lipinski definition) is 1. The van der Waals surface area contributed by atoms with E-state index in [9.17, 15) is 9.59 Å². The summed E-state index contributed by atoms with van der Waals surface area (Å²) in [6.07, 6.45) is 0. The molecule has 0 aliphatic heterocycles. The summed E-state index contributed by atoms with van der Waals surface area (Å²) in [4.78, 5) is 31.5. The van der Waals surface area contributed by atoms with Crippen LogP contribution < -0.4 is 5.56 Å². The number of carbonyl (C=O) groups excluding carboxylic acids is 1. The zero-order valence-corrected chi connectivity index (χ0v) is 17.4. The quantitative estimate of drug-likeness (QED) is 0.385. The molecule has 0 bridgehead atoms. The maximum absolute atomic E-state index is 12.4. The van der Waals surface area contributed by atoms with Crippen LogP contribution in [0, 0.1) is 13.8 Å². The number of methoxy groups -OCH3 is 1. The SMILES string of the molecule is COC(=O)c1ccc2c(=O)[nH]c(CSc3nnnn3-c3c(C)cccc3C)nc2c1. The van der Waals surface area contributed by atoms with Crippen LogP contribution in [-0.4, -0.2) is 43.3 Å². The van der Waals surface area contributed by atoms with Crippen molar-refractivity contribution in [2.75, 3.05) is 7.11 Å². The number of nitrogens with one attached hydrogen (secondary N) is 1. The average Bonchev–Trinajstić information content (AvgIpc) is 3.19. The first-order valence-electron chi connectivity index (χ1n) is 9.07. The van der Waals surface area contributed by atoms with E-state index < -0.39 is 5.97 Å². The van der Waals surface area contributed by atoms with E-state index in [0.717, 1.165) is 16.8 Å². The van der Waals surface area contributed by atoms with Crippen LogP contribution in [0.25, 0.3) is 16.6 Å². The van der Waals surface area contributed by atoms with Gasteiger partial charge in [-0.25, -0.2) is 9.78 Å². The molecule has 0 unspecified atom stereocenters. The summed E-state index contributed by atoms with van der Waals surface area (Å²) in [5, 5.41) is 13.0. The van der Waals surface area contributed by atoms with Crippen LogP contribution >= 0.6 is 11.8 Å². The Morgan fingerprint density at radius 3 is 2.70 bits per heavy atom. The van der Waals surface area contributed by atoms with Crippen molar-refractivity contribution in [3.05, 3.63) is 69.3 Å². The number of aromatic amines is 1. The van der Waals surface area contributed by atoms with Crippen LogP contribution in [0.5, 0.6) is 0 Å². The van der Waals surface area contributed by atoms with Crippen LogP contribution in [0.1, 0.15) is 27.3 Å². The lowest BCUT2D eigenvalue weighted by Gasteiger charge is -2.10. The predicted molar refractivity (Wildman–Crippen MR) is 112 cm³/mol. The normalized spacial score (nSPS) is 11.0. The minimum absolute atomic E-state index is 0.277. The van der Waals surface area contributed by atoms with E-state index in [0.29, 0.717) is 33.2 Å². The van der Waals surface area contributed by atoms with Crippen molar-refractivity contribution in [3.8, 4) is 5.69 Å². The second kappa shape index (κ2) is 8.07. The summed E-state index contributed by atoms with van der Waals surface area (Å²) >= 11 is 1.35. The molecule has 10 heteroatoms. The second-order valence-corrected chi connectivity index (χ2v) is 7.58. The summed E-state index contributed by atoms with van der Waals surface area (Å²) < 4.78 is 6.42. The molecular weight excluding hydrogens is 404 g/mol. The first-order chi connectivity index (χ1) is 14.5. The van der Waals surface area contributed by atoms with Crippen LogP contribution in [-0.2, 0) is 10.5 Å². The molecule has 0 amide bonds. The van der Waals surface area contributed by atoms with Crippen molar-refractivity contribution < 1.29 is 9.53 Å². The highest BCUT2D eigenvalue weighted by molar-refractivity contribution is 7.98. The number of ether oxygens (including phenoxy) is 1. The number of esters is 1. The molecule has 0 fully saturated rings. The molecule has 0 atom stereocenters. The van der Waals surface area contributed by atoms with Gasteiger partial charge in [0, 0.05) is 0 Å². The molecule has 4 aromatic rings. The maximum Gasteiger partial charge on any atom is 0.337 e.